The minimum absolute atomic E-state index is 0.133. The number of benzene rings is 2. The van der Waals surface area contributed by atoms with Gasteiger partial charge in [0.15, 0.2) is 0 Å². The molecule has 0 spiro atoms. The molecule has 2 aromatic carbocycles. The fourth-order valence-corrected chi connectivity index (χ4v) is 4.82. The minimum Gasteiger partial charge on any atom is -0.356 e. The van der Waals surface area contributed by atoms with Crippen LogP contribution >= 0.6 is 11.3 Å². The quantitative estimate of drug-likeness (QED) is 0.337. The van der Waals surface area contributed by atoms with Crippen molar-refractivity contribution in [1.29, 1.82) is 0 Å². The van der Waals surface area contributed by atoms with Crippen LogP contribution in [0.2, 0.25) is 0 Å². The number of thiophene rings is 1. The zero-order chi connectivity index (χ0) is 23.3. The Morgan fingerprint density at radius 2 is 1.65 bits per heavy atom. The summed E-state index contributed by atoms with van der Waals surface area (Å²) in [7, 11) is 0. The molecule has 34 heavy (non-hydrogen) atoms. The molecule has 0 saturated carbocycles. The van der Waals surface area contributed by atoms with Crippen LogP contribution in [0.4, 0.5) is 23.1 Å². The first-order chi connectivity index (χ1) is 16.6. The van der Waals surface area contributed by atoms with E-state index in [4.69, 9.17) is 4.98 Å². The van der Waals surface area contributed by atoms with E-state index >= 15 is 0 Å². The first-order valence-corrected chi connectivity index (χ1v) is 12.4. The van der Waals surface area contributed by atoms with Crippen molar-refractivity contribution >= 4 is 40.4 Å². The Morgan fingerprint density at radius 3 is 2.35 bits per heavy atom. The molecule has 0 unspecified atom stereocenters. The molecule has 3 heterocycles. The predicted molar refractivity (Wildman–Crippen MR) is 140 cm³/mol. The Bertz CT molecular complexity index is 1250. The predicted octanol–water partition coefficient (Wildman–Crippen LogP) is 6.50. The van der Waals surface area contributed by atoms with Crippen LogP contribution in [0.3, 0.4) is 0 Å². The normalized spacial score (nSPS) is 13.5. The molecule has 172 valence electrons. The number of carbonyl (C=O) groups excluding carboxylic acids is 1. The van der Waals surface area contributed by atoms with Gasteiger partial charge < -0.3 is 15.5 Å². The van der Waals surface area contributed by atoms with Gasteiger partial charge in [-0.15, -0.1) is 11.3 Å². The molecule has 0 aliphatic carbocycles. The van der Waals surface area contributed by atoms with Gasteiger partial charge in [-0.3, -0.25) is 4.79 Å². The maximum Gasteiger partial charge on any atom is 0.255 e. The first kappa shape index (κ1) is 22.1. The second-order valence-corrected chi connectivity index (χ2v) is 9.40. The highest BCUT2D eigenvalue weighted by atomic mass is 32.1. The Balaban J connectivity index is 1.22. The summed E-state index contributed by atoms with van der Waals surface area (Å²) in [6.07, 6.45) is 3.70. The Hall–Kier alpha value is -3.71. The highest BCUT2D eigenvalue weighted by Gasteiger charge is 2.14. The Morgan fingerprint density at radius 1 is 0.912 bits per heavy atom. The first-order valence-electron chi connectivity index (χ1n) is 11.6. The highest BCUT2D eigenvalue weighted by molar-refractivity contribution is 7.13. The number of amides is 1. The van der Waals surface area contributed by atoms with Gasteiger partial charge in [0.05, 0.1) is 0 Å². The summed E-state index contributed by atoms with van der Waals surface area (Å²) in [5, 5.41) is 8.31. The van der Waals surface area contributed by atoms with Gasteiger partial charge in [-0.1, -0.05) is 18.2 Å². The Kier molecular flexibility index (Phi) is 6.53. The molecule has 1 aliphatic rings. The molecular weight excluding hydrogens is 442 g/mol. The standard InChI is InChI=1S/C27H27N5OS/c1-19-18-25(32-15-3-2-4-16-32)31-27(28-19)30-23-13-11-22(12-14-23)29-26(33)21-9-7-20(8-10-21)24-6-5-17-34-24/h5-14,17-18H,2-4,15-16H2,1H3,(H,29,33)(H,28,30,31). The number of nitrogens with one attached hydrogen (secondary N) is 2. The molecule has 0 radical (unpaired) electrons. The highest BCUT2D eigenvalue weighted by Crippen LogP contribution is 2.25. The fraction of sp³-hybridized carbons (Fsp3) is 0.222. The van der Waals surface area contributed by atoms with E-state index in [0.717, 1.165) is 41.5 Å². The number of hydrogen-bond acceptors (Lipinski definition) is 6. The third-order valence-corrected chi connectivity index (χ3v) is 6.79. The van der Waals surface area contributed by atoms with E-state index in [1.54, 1.807) is 11.3 Å². The van der Waals surface area contributed by atoms with Gasteiger partial charge in [-0.25, -0.2) is 4.98 Å². The van der Waals surface area contributed by atoms with E-state index in [9.17, 15) is 4.79 Å². The van der Waals surface area contributed by atoms with Gasteiger partial charge >= 0.3 is 0 Å². The van der Waals surface area contributed by atoms with Gasteiger partial charge in [0.2, 0.25) is 5.95 Å². The van der Waals surface area contributed by atoms with Crippen LogP contribution in [-0.4, -0.2) is 29.0 Å². The molecule has 2 aromatic heterocycles. The van der Waals surface area contributed by atoms with E-state index in [1.165, 1.54) is 24.1 Å². The summed E-state index contributed by atoms with van der Waals surface area (Å²) >= 11 is 1.69. The van der Waals surface area contributed by atoms with Gasteiger partial charge in [0.25, 0.3) is 5.91 Å². The number of nitrogens with zero attached hydrogens (tertiary/aromatic N) is 3. The molecule has 1 aliphatic heterocycles. The van der Waals surface area contributed by atoms with E-state index in [-0.39, 0.29) is 5.91 Å². The fourth-order valence-electron chi connectivity index (χ4n) is 4.09. The molecule has 2 N–H and O–H groups in total. The maximum atomic E-state index is 12.7. The lowest BCUT2D eigenvalue weighted by molar-refractivity contribution is 0.102. The number of hydrogen-bond donors (Lipinski definition) is 2. The number of rotatable bonds is 6. The molecule has 5 rings (SSSR count). The summed E-state index contributed by atoms with van der Waals surface area (Å²) in [6, 6.07) is 21.4. The van der Waals surface area contributed by atoms with E-state index in [2.05, 4.69) is 26.6 Å². The van der Waals surface area contributed by atoms with Gasteiger partial charge in [-0.05, 0) is 79.6 Å². The molecule has 6 nitrogen and oxygen atoms in total. The third kappa shape index (κ3) is 5.26. The maximum absolute atomic E-state index is 12.7. The largest absolute Gasteiger partial charge is 0.356 e. The molecule has 1 amide bonds. The molecule has 7 heteroatoms. The third-order valence-electron chi connectivity index (χ3n) is 5.87. The Labute approximate surface area is 203 Å². The van der Waals surface area contributed by atoms with Gasteiger partial charge in [-0.2, -0.15) is 4.98 Å². The topological polar surface area (TPSA) is 70.2 Å². The van der Waals surface area contributed by atoms with E-state index < -0.39 is 0 Å². The number of aromatic nitrogens is 2. The lowest BCUT2D eigenvalue weighted by Gasteiger charge is -2.28. The second-order valence-electron chi connectivity index (χ2n) is 8.45. The number of anilines is 4. The molecule has 1 fully saturated rings. The number of carbonyl (C=O) groups is 1. The lowest BCUT2D eigenvalue weighted by Crippen LogP contribution is -2.30. The SMILES string of the molecule is Cc1cc(N2CCCCC2)nc(Nc2ccc(NC(=O)c3ccc(-c4cccs4)cc3)cc2)n1. The summed E-state index contributed by atoms with van der Waals surface area (Å²) in [4.78, 5) is 25.4. The van der Waals surface area contributed by atoms with Crippen molar-refractivity contribution in [3.05, 3.63) is 83.4 Å². The van der Waals surface area contributed by atoms with Crippen molar-refractivity contribution < 1.29 is 4.79 Å². The van der Waals surface area contributed by atoms with Crippen molar-refractivity contribution in [3.63, 3.8) is 0 Å². The summed E-state index contributed by atoms with van der Waals surface area (Å²) in [5.41, 5.74) is 4.28. The second kappa shape index (κ2) is 10.1. The van der Waals surface area contributed by atoms with Crippen LogP contribution in [0.25, 0.3) is 10.4 Å². The summed E-state index contributed by atoms with van der Waals surface area (Å²) in [5.74, 6) is 1.43. The number of aryl methyl sites for hydroxylation is 1. The van der Waals surface area contributed by atoms with Crippen molar-refractivity contribution in [2.75, 3.05) is 28.6 Å². The van der Waals surface area contributed by atoms with Crippen molar-refractivity contribution in [2.24, 2.45) is 0 Å². The van der Waals surface area contributed by atoms with Crippen LogP contribution in [0.1, 0.15) is 35.3 Å². The van der Waals surface area contributed by atoms with Crippen LogP contribution in [-0.2, 0) is 0 Å². The summed E-state index contributed by atoms with van der Waals surface area (Å²) in [6.45, 7) is 4.08. The van der Waals surface area contributed by atoms with Crippen LogP contribution in [0.15, 0.2) is 72.1 Å². The van der Waals surface area contributed by atoms with Crippen LogP contribution in [0.5, 0.6) is 0 Å². The minimum atomic E-state index is -0.133. The van der Waals surface area contributed by atoms with Gasteiger partial charge in [0.1, 0.15) is 5.82 Å². The van der Waals surface area contributed by atoms with Crippen molar-refractivity contribution in [1.82, 2.24) is 9.97 Å². The average Bonchev–Trinajstić information content (AvgIpc) is 3.41. The molecule has 4 aromatic rings. The average molecular weight is 470 g/mol. The molecule has 0 atom stereocenters. The molecule has 1 saturated heterocycles. The monoisotopic (exact) mass is 469 g/mol. The van der Waals surface area contributed by atoms with Crippen LogP contribution in [0, 0.1) is 6.92 Å². The van der Waals surface area contributed by atoms with Crippen molar-refractivity contribution in [2.45, 2.75) is 26.2 Å². The molecule has 0 bridgehead atoms. The van der Waals surface area contributed by atoms with E-state index in [0.29, 0.717) is 11.5 Å². The summed E-state index contributed by atoms with van der Waals surface area (Å²) < 4.78 is 0. The van der Waals surface area contributed by atoms with Crippen LogP contribution < -0.4 is 15.5 Å². The zero-order valence-electron chi connectivity index (χ0n) is 19.1. The zero-order valence-corrected chi connectivity index (χ0v) is 19.9. The van der Waals surface area contributed by atoms with Crippen molar-refractivity contribution in [3.8, 4) is 10.4 Å². The lowest BCUT2D eigenvalue weighted by atomic mass is 10.1. The molecular formula is C27H27N5OS. The number of piperidine rings is 1. The van der Waals surface area contributed by atoms with Gasteiger partial charge in [0, 0.05) is 46.7 Å². The van der Waals surface area contributed by atoms with E-state index in [1.807, 2.05) is 73.0 Å². The smallest absolute Gasteiger partial charge is 0.255 e.